The van der Waals surface area contributed by atoms with Gasteiger partial charge in [0.25, 0.3) is 0 Å². The van der Waals surface area contributed by atoms with Gasteiger partial charge in [0.05, 0.1) is 22.4 Å². The van der Waals surface area contributed by atoms with Crippen molar-refractivity contribution in [1.82, 2.24) is 4.57 Å². The summed E-state index contributed by atoms with van der Waals surface area (Å²) in [7, 11) is 0. The van der Waals surface area contributed by atoms with Crippen LogP contribution in [0.2, 0.25) is 0 Å². The van der Waals surface area contributed by atoms with Crippen LogP contribution in [0.5, 0.6) is 0 Å². The normalized spacial score (nSPS) is 11.3. The molecule has 2 heteroatoms. The lowest BCUT2D eigenvalue weighted by Crippen LogP contribution is -2.12. The summed E-state index contributed by atoms with van der Waals surface area (Å²) in [6.45, 7) is 0. The number of benzene rings is 10. The third-order valence-electron chi connectivity index (χ3n) is 11.8. The van der Waals surface area contributed by atoms with Crippen molar-refractivity contribution in [3.8, 4) is 50.2 Å². The Hall–Kier alpha value is -7.94. The molecule has 60 heavy (non-hydrogen) atoms. The van der Waals surface area contributed by atoms with E-state index in [2.05, 4.69) is 252 Å². The summed E-state index contributed by atoms with van der Waals surface area (Å²) in [5.41, 5.74) is 16.3. The molecule has 0 radical (unpaired) electrons. The molecule has 0 fully saturated rings. The van der Waals surface area contributed by atoms with Crippen molar-refractivity contribution in [2.24, 2.45) is 0 Å². The van der Waals surface area contributed by atoms with Crippen molar-refractivity contribution in [3.05, 3.63) is 243 Å². The molecule has 0 amide bonds. The monoisotopic (exact) mass is 764 g/mol. The van der Waals surface area contributed by atoms with Gasteiger partial charge in [-0.25, -0.2) is 0 Å². The fourth-order valence-corrected chi connectivity index (χ4v) is 9.06. The molecule has 2 nitrogen and oxygen atoms in total. The highest BCUT2D eigenvalue weighted by Gasteiger charge is 2.24. The van der Waals surface area contributed by atoms with Crippen LogP contribution in [0.1, 0.15) is 0 Å². The van der Waals surface area contributed by atoms with Gasteiger partial charge in [0.15, 0.2) is 0 Å². The van der Waals surface area contributed by atoms with E-state index < -0.39 is 0 Å². The van der Waals surface area contributed by atoms with Crippen molar-refractivity contribution < 1.29 is 0 Å². The van der Waals surface area contributed by atoms with Crippen LogP contribution < -0.4 is 4.90 Å². The maximum atomic E-state index is 2.48. The molecule has 0 saturated heterocycles. The summed E-state index contributed by atoms with van der Waals surface area (Å²) in [4.78, 5) is 2.48. The zero-order valence-corrected chi connectivity index (χ0v) is 33.0. The van der Waals surface area contributed by atoms with Crippen LogP contribution in [-0.2, 0) is 0 Å². The van der Waals surface area contributed by atoms with Crippen molar-refractivity contribution in [2.45, 2.75) is 0 Å². The summed E-state index contributed by atoms with van der Waals surface area (Å²) < 4.78 is 2.40. The molecule has 1 heterocycles. The molecule has 0 bridgehead atoms. The van der Waals surface area contributed by atoms with Gasteiger partial charge in [-0.2, -0.15) is 0 Å². The van der Waals surface area contributed by atoms with Crippen molar-refractivity contribution in [2.75, 3.05) is 4.90 Å². The molecular weight excluding hydrogens is 725 g/mol. The number of rotatable bonds is 8. The van der Waals surface area contributed by atoms with E-state index in [1.807, 2.05) is 0 Å². The Kier molecular flexibility index (Phi) is 8.87. The summed E-state index contributed by atoms with van der Waals surface area (Å²) in [6, 6.07) is 87.9. The molecule has 0 unspecified atom stereocenters. The predicted octanol–water partition coefficient (Wildman–Crippen LogP) is 16.1. The van der Waals surface area contributed by atoms with E-state index in [0.717, 1.165) is 33.8 Å². The minimum absolute atomic E-state index is 1.08. The summed E-state index contributed by atoms with van der Waals surface area (Å²) in [6.07, 6.45) is 0. The Morgan fingerprint density at radius 3 is 1.60 bits per heavy atom. The minimum Gasteiger partial charge on any atom is -0.309 e. The number of anilines is 3. The Bertz CT molecular complexity index is 3310. The zero-order valence-electron chi connectivity index (χ0n) is 33.0. The fourth-order valence-electron chi connectivity index (χ4n) is 9.06. The highest BCUT2D eigenvalue weighted by molar-refractivity contribution is 6.17. The number of hydrogen-bond acceptors (Lipinski definition) is 1. The maximum absolute atomic E-state index is 2.48. The highest BCUT2D eigenvalue weighted by atomic mass is 15.2. The summed E-state index contributed by atoms with van der Waals surface area (Å²) in [5.74, 6) is 0. The number of nitrogens with zero attached hydrogens (tertiary/aromatic N) is 2. The zero-order chi connectivity index (χ0) is 39.8. The molecule has 0 saturated carbocycles. The second-order valence-electron chi connectivity index (χ2n) is 15.3. The first kappa shape index (κ1) is 35.2. The first-order valence-electron chi connectivity index (χ1n) is 20.6. The number of fused-ring (bicyclic) bond motifs is 4. The second-order valence-corrected chi connectivity index (χ2v) is 15.3. The first-order chi connectivity index (χ1) is 29.8. The largest absolute Gasteiger partial charge is 0.309 e. The molecule has 0 aliphatic carbocycles. The van der Waals surface area contributed by atoms with Crippen molar-refractivity contribution >= 4 is 49.6 Å². The second kappa shape index (κ2) is 15.1. The average molecular weight is 765 g/mol. The van der Waals surface area contributed by atoms with Gasteiger partial charge in [-0.05, 0) is 104 Å². The van der Waals surface area contributed by atoms with Crippen molar-refractivity contribution in [1.29, 1.82) is 0 Å². The van der Waals surface area contributed by atoms with Crippen LogP contribution in [0.4, 0.5) is 17.1 Å². The molecule has 0 N–H and O–H groups in total. The maximum Gasteiger partial charge on any atom is 0.0562 e. The van der Waals surface area contributed by atoms with E-state index in [9.17, 15) is 0 Å². The molecule has 0 atom stereocenters. The molecule has 1 aromatic heterocycles. The standard InChI is InChI=1S/C58H40N2/c1-3-19-43(20-4-1)48-24-9-10-25-49(48)50-26-11-12-27-51(50)52-28-13-15-30-54(52)60(47-38-36-42(37-39-47)45-35-34-41-18-7-8-21-44(41)40-45)57-33-17-32-56-58(57)53-29-14-16-31-55(53)59(56)46-22-5-2-6-23-46/h1-40H. The average Bonchev–Trinajstić information content (AvgIpc) is 3.67. The van der Waals surface area contributed by atoms with Gasteiger partial charge in [-0.3, -0.25) is 0 Å². The molecule has 11 rings (SSSR count). The van der Waals surface area contributed by atoms with Crippen LogP contribution in [-0.4, -0.2) is 4.57 Å². The van der Waals surface area contributed by atoms with E-state index in [-0.39, 0.29) is 0 Å². The molecule has 11 aromatic rings. The Labute approximate surface area is 350 Å². The molecule has 0 aliphatic heterocycles. The number of aromatic nitrogens is 1. The van der Waals surface area contributed by atoms with Gasteiger partial charge in [0.1, 0.15) is 0 Å². The molecule has 0 spiro atoms. The predicted molar refractivity (Wildman–Crippen MR) is 255 cm³/mol. The van der Waals surface area contributed by atoms with E-state index in [1.165, 1.54) is 66.0 Å². The summed E-state index contributed by atoms with van der Waals surface area (Å²) >= 11 is 0. The molecule has 10 aromatic carbocycles. The van der Waals surface area contributed by atoms with Gasteiger partial charge in [0.2, 0.25) is 0 Å². The fraction of sp³-hybridized carbons (Fsp3) is 0. The quantitative estimate of drug-likeness (QED) is 0.150. The smallest absolute Gasteiger partial charge is 0.0562 e. The Morgan fingerprint density at radius 1 is 0.300 bits per heavy atom. The molecule has 282 valence electrons. The van der Waals surface area contributed by atoms with Crippen LogP contribution in [0.15, 0.2) is 243 Å². The van der Waals surface area contributed by atoms with E-state index >= 15 is 0 Å². The number of hydrogen-bond donors (Lipinski definition) is 0. The van der Waals surface area contributed by atoms with Gasteiger partial charge in [0, 0.05) is 27.7 Å². The van der Waals surface area contributed by atoms with Crippen LogP contribution in [0.3, 0.4) is 0 Å². The van der Waals surface area contributed by atoms with Gasteiger partial charge < -0.3 is 9.47 Å². The topological polar surface area (TPSA) is 8.17 Å². The lowest BCUT2D eigenvalue weighted by atomic mass is 9.88. The summed E-state index contributed by atoms with van der Waals surface area (Å²) in [5, 5.41) is 4.89. The van der Waals surface area contributed by atoms with E-state index in [0.29, 0.717) is 0 Å². The lowest BCUT2D eigenvalue weighted by Gasteiger charge is -2.29. The molecular formula is C58H40N2. The third-order valence-corrected chi connectivity index (χ3v) is 11.8. The highest BCUT2D eigenvalue weighted by Crippen LogP contribution is 2.48. The SMILES string of the molecule is c1ccc(-c2ccccc2-c2ccccc2-c2ccccc2N(c2ccc(-c3ccc4ccccc4c3)cc2)c2cccc3c2c2ccccc2n3-c2ccccc2)cc1. The van der Waals surface area contributed by atoms with E-state index in [1.54, 1.807) is 0 Å². The third kappa shape index (κ3) is 6.14. The number of para-hydroxylation sites is 3. The Morgan fingerprint density at radius 2 is 0.833 bits per heavy atom. The lowest BCUT2D eigenvalue weighted by molar-refractivity contribution is 1.18. The molecule has 0 aliphatic rings. The first-order valence-corrected chi connectivity index (χ1v) is 20.6. The van der Waals surface area contributed by atoms with E-state index in [4.69, 9.17) is 0 Å². The van der Waals surface area contributed by atoms with Gasteiger partial charge in [-0.15, -0.1) is 0 Å². The van der Waals surface area contributed by atoms with Gasteiger partial charge >= 0.3 is 0 Å². The van der Waals surface area contributed by atoms with Crippen LogP contribution in [0, 0.1) is 0 Å². The van der Waals surface area contributed by atoms with Crippen molar-refractivity contribution in [3.63, 3.8) is 0 Å². The van der Waals surface area contributed by atoms with Crippen LogP contribution in [0.25, 0.3) is 82.8 Å². The van der Waals surface area contributed by atoms with Gasteiger partial charge in [-0.1, -0.05) is 188 Å². The van der Waals surface area contributed by atoms with Crippen LogP contribution >= 0.6 is 0 Å². The minimum atomic E-state index is 1.08. The Balaban J connectivity index is 1.15.